The molecule has 2 saturated heterocycles. The summed E-state index contributed by atoms with van der Waals surface area (Å²) in [4.78, 5) is 30.6. The molecule has 5 nitrogen and oxygen atoms in total. The van der Waals surface area contributed by atoms with Gasteiger partial charge in [-0.1, -0.05) is 35.9 Å². The lowest BCUT2D eigenvalue weighted by atomic mass is 10.1. The molecule has 0 aromatic heterocycles. The van der Waals surface area contributed by atoms with Crippen molar-refractivity contribution < 1.29 is 14.0 Å². The first-order valence-electron chi connectivity index (χ1n) is 8.91. The maximum absolute atomic E-state index is 14.0. The summed E-state index contributed by atoms with van der Waals surface area (Å²) in [5.74, 6) is -0.731. The number of hydrogen-bond acceptors (Lipinski definition) is 4. The lowest BCUT2D eigenvalue weighted by Gasteiger charge is -2.38. The number of anilines is 2. The zero-order valence-electron chi connectivity index (χ0n) is 14.6. The van der Waals surface area contributed by atoms with Crippen molar-refractivity contribution in [1.82, 2.24) is 4.90 Å². The molecule has 1 unspecified atom stereocenters. The van der Waals surface area contributed by atoms with Gasteiger partial charge in [-0.2, -0.15) is 0 Å². The standard InChI is InChI=1S/C20H19ClFN3O2/c21-14-5-1-3-7-16(14)25-19(26)13-18(20(25)27)24-11-9-23(10-12-24)17-8-4-2-6-15(17)22/h1-8,18H,9-13H2. The first-order valence-corrected chi connectivity index (χ1v) is 9.29. The summed E-state index contributed by atoms with van der Waals surface area (Å²) in [5.41, 5.74) is 1.00. The van der Waals surface area contributed by atoms with Crippen LogP contribution in [0.4, 0.5) is 15.8 Å². The van der Waals surface area contributed by atoms with E-state index >= 15 is 0 Å². The SMILES string of the molecule is O=C1CC(N2CCN(c3ccccc3F)CC2)C(=O)N1c1ccccc1Cl. The van der Waals surface area contributed by atoms with E-state index in [0.717, 1.165) is 0 Å². The van der Waals surface area contributed by atoms with Gasteiger partial charge in [-0.15, -0.1) is 0 Å². The van der Waals surface area contributed by atoms with Crippen molar-refractivity contribution in [2.75, 3.05) is 36.0 Å². The lowest BCUT2D eigenvalue weighted by Crippen LogP contribution is -2.52. The zero-order valence-corrected chi connectivity index (χ0v) is 15.4. The van der Waals surface area contributed by atoms with Crippen LogP contribution in [0.2, 0.25) is 5.02 Å². The van der Waals surface area contributed by atoms with Crippen LogP contribution in [0.25, 0.3) is 0 Å². The van der Waals surface area contributed by atoms with Gasteiger partial charge in [0.2, 0.25) is 5.91 Å². The largest absolute Gasteiger partial charge is 0.367 e. The van der Waals surface area contributed by atoms with E-state index < -0.39 is 6.04 Å². The Balaban J connectivity index is 1.46. The van der Waals surface area contributed by atoms with Crippen LogP contribution in [0, 0.1) is 5.82 Å². The molecule has 140 valence electrons. The molecule has 2 aliphatic rings. The average molecular weight is 388 g/mol. The Morgan fingerprint density at radius 3 is 2.19 bits per heavy atom. The summed E-state index contributed by atoms with van der Waals surface area (Å²) in [6.07, 6.45) is 0.143. The molecule has 0 aliphatic carbocycles. The van der Waals surface area contributed by atoms with Gasteiger partial charge < -0.3 is 4.90 Å². The molecule has 2 fully saturated rings. The number of amides is 2. The number of imide groups is 1. The van der Waals surface area contributed by atoms with E-state index in [-0.39, 0.29) is 24.1 Å². The fraction of sp³-hybridized carbons (Fsp3) is 0.300. The molecule has 2 amide bonds. The van der Waals surface area contributed by atoms with Crippen molar-refractivity contribution in [3.05, 3.63) is 59.4 Å². The minimum atomic E-state index is -0.489. The fourth-order valence-corrected chi connectivity index (χ4v) is 3.99. The maximum atomic E-state index is 14.0. The van der Waals surface area contributed by atoms with Crippen molar-refractivity contribution in [2.24, 2.45) is 0 Å². The molecule has 4 rings (SSSR count). The lowest BCUT2D eigenvalue weighted by molar-refractivity contribution is -0.123. The molecule has 0 radical (unpaired) electrons. The van der Waals surface area contributed by atoms with Gasteiger partial charge in [0.1, 0.15) is 5.82 Å². The Morgan fingerprint density at radius 2 is 1.52 bits per heavy atom. The van der Waals surface area contributed by atoms with Gasteiger partial charge in [-0.25, -0.2) is 9.29 Å². The quantitative estimate of drug-likeness (QED) is 0.759. The Labute approximate surface area is 161 Å². The molecule has 0 bridgehead atoms. The van der Waals surface area contributed by atoms with E-state index in [2.05, 4.69) is 0 Å². The highest BCUT2D eigenvalue weighted by molar-refractivity contribution is 6.36. The number of hydrogen-bond donors (Lipinski definition) is 0. The molecule has 27 heavy (non-hydrogen) atoms. The zero-order chi connectivity index (χ0) is 19.0. The normalized spacial score (nSPS) is 21.2. The number of para-hydroxylation sites is 2. The van der Waals surface area contributed by atoms with Gasteiger partial charge >= 0.3 is 0 Å². The number of rotatable bonds is 3. The van der Waals surface area contributed by atoms with Gasteiger partial charge in [-0.3, -0.25) is 14.5 Å². The average Bonchev–Trinajstić information content (AvgIpc) is 2.97. The monoisotopic (exact) mass is 387 g/mol. The summed E-state index contributed by atoms with van der Waals surface area (Å²) in [6, 6.07) is 13.0. The van der Waals surface area contributed by atoms with Crippen LogP contribution in [0.3, 0.4) is 0 Å². The maximum Gasteiger partial charge on any atom is 0.251 e. The first kappa shape index (κ1) is 17.9. The van der Waals surface area contributed by atoms with Crippen molar-refractivity contribution in [1.29, 1.82) is 0 Å². The van der Waals surface area contributed by atoms with Crippen LogP contribution in [0.5, 0.6) is 0 Å². The molecule has 2 aromatic carbocycles. The number of carbonyl (C=O) groups excluding carboxylic acids is 2. The molecule has 0 spiro atoms. The second-order valence-electron chi connectivity index (χ2n) is 6.71. The second-order valence-corrected chi connectivity index (χ2v) is 7.12. The molecule has 2 heterocycles. The first-order chi connectivity index (χ1) is 13.1. The van der Waals surface area contributed by atoms with Crippen molar-refractivity contribution in [3.63, 3.8) is 0 Å². The molecule has 2 aliphatic heterocycles. The molecule has 0 N–H and O–H groups in total. The smallest absolute Gasteiger partial charge is 0.251 e. The van der Waals surface area contributed by atoms with Crippen LogP contribution in [0.15, 0.2) is 48.5 Å². The van der Waals surface area contributed by atoms with E-state index in [0.29, 0.717) is 42.6 Å². The summed E-state index contributed by atoms with van der Waals surface area (Å²) < 4.78 is 14.0. The number of carbonyl (C=O) groups is 2. The topological polar surface area (TPSA) is 43.9 Å². The fourth-order valence-electron chi connectivity index (χ4n) is 3.77. The van der Waals surface area contributed by atoms with Crippen molar-refractivity contribution in [2.45, 2.75) is 12.5 Å². The number of halogens is 2. The predicted molar refractivity (Wildman–Crippen MR) is 103 cm³/mol. The summed E-state index contributed by atoms with van der Waals surface area (Å²) >= 11 is 6.17. The van der Waals surface area contributed by atoms with Gasteiger partial charge in [0.15, 0.2) is 0 Å². The third kappa shape index (κ3) is 3.31. The Hall–Kier alpha value is -2.44. The highest BCUT2D eigenvalue weighted by Crippen LogP contribution is 2.32. The van der Waals surface area contributed by atoms with Crippen LogP contribution in [0.1, 0.15) is 6.42 Å². The summed E-state index contributed by atoms with van der Waals surface area (Å²) in [5, 5.41) is 0.379. The molecule has 0 saturated carbocycles. The number of nitrogens with zero attached hydrogens (tertiary/aromatic N) is 3. The van der Waals surface area contributed by atoms with Crippen LogP contribution in [-0.4, -0.2) is 48.9 Å². The Kier molecular flexibility index (Phi) is 4.85. The van der Waals surface area contributed by atoms with E-state index in [1.807, 2.05) is 15.9 Å². The highest BCUT2D eigenvalue weighted by atomic mass is 35.5. The van der Waals surface area contributed by atoms with Crippen molar-refractivity contribution >= 4 is 34.8 Å². The minimum Gasteiger partial charge on any atom is -0.367 e. The van der Waals surface area contributed by atoms with E-state index in [1.54, 1.807) is 36.4 Å². The molecule has 1 atom stereocenters. The predicted octanol–water partition coefficient (Wildman–Crippen LogP) is 2.93. The van der Waals surface area contributed by atoms with Crippen molar-refractivity contribution in [3.8, 4) is 0 Å². The Morgan fingerprint density at radius 1 is 0.889 bits per heavy atom. The van der Waals surface area contributed by atoms with Crippen LogP contribution in [-0.2, 0) is 9.59 Å². The van der Waals surface area contributed by atoms with Gasteiger partial charge in [-0.05, 0) is 24.3 Å². The van der Waals surface area contributed by atoms with Gasteiger partial charge in [0.05, 0.1) is 28.9 Å². The van der Waals surface area contributed by atoms with E-state index in [4.69, 9.17) is 11.6 Å². The van der Waals surface area contributed by atoms with Gasteiger partial charge in [0.25, 0.3) is 5.91 Å². The molecular formula is C20H19ClFN3O2. The van der Waals surface area contributed by atoms with Crippen LogP contribution >= 0.6 is 11.6 Å². The minimum absolute atomic E-state index is 0.143. The summed E-state index contributed by atoms with van der Waals surface area (Å²) in [6.45, 7) is 2.39. The molecule has 2 aromatic rings. The van der Waals surface area contributed by atoms with E-state index in [9.17, 15) is 14.0 Å². The van der Waals surface area contributed by atoms with Gasteiger partial charge in [0, 0.05) is 26.2 Å². The number of piperazine rings is 1. The summed E-state index contributed by atoms with van der Waals surface area (Å²) in [7, 11) is 0. The molecular weight excluding hydrogens is 369 g/mol. The Bertz CT molecular complexity index is 883. The third-order valence-electron chi connectivity index (χ3n) is 5.16. The number of benzene rings is 2. The van der Waals surface area contributed by atoms with E-state index in [1.165, 1.54) is 11.0 Å². The van der Waals surface area contributed by atoms with Crippen LogP contribution < -0.4 is 9.80 Å². The third-order valence-corrected chi connectivity index (χ3v) is 5.48. The second kappa shape index (κ2) is 7.29. The molecule has 7 heteroatoms. The highest BCUT2D eigenvalue weighted by Gasteiger charge is 2.43.